The van der Waals surface area contributed by atoms with Crippen LogP contribution >= 0.6 is 0 Å². The van der Waals surface area contributed by atoms with Gasteiger partial charge >= 0.3 is 11.9 Å². The number of nitrogens with one attached hydrogen (secondary N) is 2. The molecule has 8 heteroatoms. The Morgan fingerprint density at radius 2 is 1.77 bits per heavy atom. The molecule has 0 aromatic heterocycles. The first kappa shape index (κ1) is 20.9. The van der Waals surface area contributed by atoms with Gasteiger partial charge in [-0.05, 0) is 31.6 Å². The summed E-state index contributed by atoms with van der Waals surface area (Å²) in [7, 11) is 1.40. The zero-order chi connectivity index (χ0) is 21.6. The van der Waals surface area contributed by atoms with Crippen molar-refractivity contribution in [2.75, 3.05) is 13.6 Å². The van der Waals surface area contributed by atoms with E-state index in [4.69, 9.17) is 0 Å². The standard InChI is InChI=1S/C22H30N2O6/c1-23-19(26)16-17(21(29)30)22(16)9-14(15(22)20(27)28)18(25)24-10-13-8-7-12(13)6-5-11-3-2-4-11/h7,11,13-17H,2-6,8-10H2,1H3,(H,23,26)(H,24,25)(H,27,28)(H,29,30). The second kappa shape index (κ2) is 7.71. The van der Waals surface area contributed by atoms with Crippen molar-refractivity contribution in [1.82, 2.24) is 10.6 Å². The van der Waals surface area contributed by atoms with Gasteiger partial charge in [-0.15, -0.1) is 0 Å². The van der Waals surface area contributed by atoms with Crippen molar-refractivity contribution in [2.45, 2.75) is 44.9 Å². The van der Waals surface area contributed by atoms with Crippen LogP contribution in [0.5, 0.6) is 0 Å². The van der Waals surface area contributed by atoms with Gasteiger partial charge < -0.3 is 20.8 Å². The lowest BCUT2D eigenvalue weighted by atomic mass is 9.59. The maximum atomic E-state index is 12.7. The Labute approximate surface area is 175 Å². The second-order valence-corrected chi connectivity index (χ2v) is 9.44. The van der Waals surface area contributed by atoms with Crippen molar-refractivity contribution in [2.24, 2.45) is 40.9 Å². The van der Waals surface area contributed by atoms with Crippen LogP contribution in [0.1, 0.15) is 44.9 Å². The molecular weight excluding hydrogens is 388 g/mol. The normalized spacial score (nSPS) is 36.6. The summed E-state index contributed by atoms with van der Waals surface area (Å²) in [5.74, 6) is -5.90. The molecule has 0 saturated heterocycles. The third kappa shape index (κ3) is 3.20. The highest BCUT2D eigenvalue weighted by molar-refractivity contribution is 5.97. The molecule has 0 aliphatic heterocycles. The summed E-state index contributed by atoms with van der Waals surface area (Å²) < 4.78 is 0. The Kier molecular flexibility index (Phi) is 5.36. The van der Waals surface area contributed by atoms with Gasteiger partial charge in [-0.25, -0.2) is 0 Å². The summed E-state index contributed by atoms with van der Waals surface area (Å²) in [5, 5.41) is 24.5. The molecule has 4 aliphatic rings. The first-order valence-electron chi connectivity index (χ1n) is 10.9. The monoisotopic (exact) mass is 418 g/mol. The molecular formula is C22H30N2O6. The molecule has 164 valence electrons. The van der Waals surface area contributed by atoms with E-state index in [1.165, 1.54) is 38.3 Å². The van der Waals surface area contributed by atoms with Crippen LogP contribution in [0.25, 0.3) is 0 Å². The molecule has 2 amide bonds. The van der Waals surface area contributed by atoms with Gasteiger partial charge in [0, 0.05) is 24.9 Å². The maximum Gasteiger partial charge on any atom is 0.307 e. The van der Waals surface area contributed by atoms with Gasteiger partial charge in [0.15, 0.2) is 0 Å². The number of aliphatic carboxylic acids is 2. The van der Waals surface area contributed by atoms with E-state index in [1.54, 1.807) is 0 Å². The highest BCUT2D eigenvalue weighted by Gasteiger charge is 2.82. The molecule has 1 spiro atoms. The molecule has 0 radical (unpaired) electrons. The van der Waals surface area contributed by atoms with Crippen molar-refractivity contribution in [3.8, 4) is 0 Å². The van der Waals surface area contributed by atoms with Crippen LogP contribution in [-0.2, 0) is 19.2 Å². The minimum absolute atomic E-state index is 0.125. The lowest BCUT2D eigenvalue weighted by Gasteiger charge is -2.43. The average molecular weight is 418 g/mol. The Morgan fingerprint density at radius 1 is 1.07 bits per heavy atom. The zero-order valence-electron chi connectivity index (χ0n) is 17.2. The number of amides is 2. The quantitative estimate of drug-likeness (QED) is 0.419. The number of carbonyl (C=O) groups excluding carboxylic acids is 2. The predicted molar refractivity (Wildman–Crippen MR) is 106 cm³/mol. The molecule has 8 nitrogen and oxygen atoms in total. The molecule has 30 heavy (non-hydrogen) atoms. The number of carboxylic acid groups (broad SMARTS) is 2. The summed E-state index contributed by atoms with van der Waals surface area (Å²) in [4.78, 5) is 48.3. The molecule has 3 saturated carbocycles. The molecule has 4 N–H and O–H groups in total. The first-order valence-corrected chi connectivity index (χ1v) is 10.9. The van der Waals surface area contributed by atoms with E-state index in [0.29, 0.717) is 12.5 Å². The number of rotatable bonds is 9. The van der Waals surface area contributed by atoms with Crippen molar-refractivity contribution in [3.05, 3.63) is 11.6 Å². The largest absolute Gasteiger partial charge is 0.481 e. The van der Waals surface area contributed by atoms with Crippen LogP contribution in [0.4, 0.5) is 0 Å². The summed E-state index contributed by atoms with van der Waals surface area (Å²) in [6, 6.07) is 0. The lowest BCUT2D eigenvalue weighted by molar-refractivity contribution is -0.164. The van der Waals surface area contributed by atoms with Crippen LogP contribution in [0.15, 0.2) is 11.6 Å². The molecule has 0 aromatic rings. The van der Waals surface area contributed by atoms with E-state index < -0.39 is 46.9 Å². The molecule has 0 bridgehead atoms. The van der Waals surface area contributed by atoms with Crippen LogP contribution in [0, 0.1) is 40.9 Å². The highest BCUT2D eigenvalue weighted by Crippen LogP contribution is 2.74. The van der Waals surface area contributed by atoms with Crippen molar-refractivity contribution in [3.63, 3.8) is 0 Å². The second-order valence-electron chi connectivity index (χ2n) is 9.44. The SMILES string of the molecule is CNC(=O)C1C(C(=O)O)C12CC(C(=O)NCC1CC=C1CCC1CCC1)C2C(=O)O. The van der Waals surface area contributed by atoms with Crippen molar-refractivity contribution < 1.29 is 29.4 Å². The van der Waals surface area contributed by atoms with E-state index in [2.05, 4.69) is 16.7 Å². The minimum Gasteiger partial charge on any atom is -0.481 e. The fourth-order valence-corrected chi connectivity index (χ4v) is 5.99. The Hall–Kier alpha value is -2.38. The summed E-state index contributed by atoms with van der Waals surface area (Å²) in [5.41, 5.74) is 0.235. The van der Waals surface area contributed by atoms with Gasteiger partial charge in [0.1, 0.15) is 0 Å². The molecule has 0 aromatic carbocycles. The van der Waals surface area contributed by atoms with Crippen LogP contribution in [-0.4, -0.2) is 47.6 Å². The van der Waals surface area contributed by atoms with Crippen molar-refractivity contribution in [1.29, 1.82) is 0 Å². The van der Waals surface area contributed by atoms with Crippen LogP contribution in [0.3, 0.4) is 0 Å². The number of carbonyl (C=O) groups is 4. The van der Waals surface area contributed by atoms with Gasteiger partial charge in [0.2, 0.25) is 11.8 Å². The van der Waals surface area contributed by atoms with Gasteiger partial charge in [-0.2, -0.15) is 0 Å². The zero-order valence-corrected chi connectivity index (χ0v) is 17.2. The van der Waals surface area contributed by atoms with Gasteiger partial charge in [0.05, 0.1) is 23.7 Å². The van der Waals surface area contributed by atoms with E-state index in [0.717, 1.165) is 18.8 Å². The first-order chi connectivity index (χ1) is 14.3. The predicted octanol–water partition coefficient (Wildman–Crippen LogP) is 1.41. The highest BCUT2D eigenvalue weighted by atomic mass is 16.4. The van der Waals surface area contributed by atoms with Crippen LogP contribution < -0.4 is 10.6 Å². The summed E-state index contributed by atoms with van der Waals surface area (Å²) >= 11 is 0. The van der Waals surface area contributed by atoms with E-state index in [-0.39, 0.29) is 12.3 Å². The Morgan fingerprint density at radius 3 is 2.27 bits per heavy atom. The third-order valence-corrected chi connectivity index (χ3v) is 8.11. The lowest BCUT2D eigenvalue weighted by Crippen LogP contribution is -2.54. The van der Waals surface area contributed by atoms with E-state index >= 15 is 0 Å². The van der Waals surface area contributed by atoms with E-state index in [1.807, 2.05) is 0 Å². The smallest absolute Gasteiger partial charge is 0.307 e. The van der Waals surface area contributed by atoms with Crippen molar-refractivity contribution >= 4 is 23.8 Å². The minimum atomic E-state index is -1.20. The Bertz CT molecular complexity index is 803. The Balaban J connectivity index is 1.33. The van der Waals surface area contributed by atoms with Crippen LogP contribution in [0.2, 0.25) is 0 Å². The molecule has 4 rings (SSSR count). The summed E-state index contributed by atoms with van der Waals surface area (Å²) in [6.45, 7) is 0.492. The van der Waals surface area contributed by atoms with Gasteiger partial charge in [-0.3, -0.25) is 19.2 Å². The average Bonchev–Trinajstić information content (AvgIpc) is 3.32. The fraction of sp³-hybridized carbons (Fsp3) is 0.727. The molecule has 6 atom stereocenters. The van der Waals surface area contributed by atoms with Gasteiger partial charge in [0.25, 0.3) is 0 Å². The molecule has 0 heterocycles. The molecule has 6 unspecified atom stereocenters. The molecule has 4 aliphatic carbocycles. The molecule has 3 fully saturated rings. The van der Waals surface area contributed by atoms with Gasteiger partial charge in [-0.1, -0.05) is 30.9 Å². The number of allylic oxidation sites excluding steroid dienone is 1. The number of carboxylic acids is 2. The summed E-state index contributed by atoms with van der Waals surface area (Å²) in [6.07, 6.45) is 9.54. The fourth-order valence-electron chi connectivity index (χ4n) is 5.99. The topological polar surface area (TPSA) is 133 Å². The third-order valence-electron chi connectivity index (χ3n) is 8.11. The van der Waals surface area contributed by atoms with E-state index in [9.17, 15) is 29.4 Å². The maximum absolute atomic E-state index is 12.7. The number of hydrogen-bond acceptors (Lipinski definition) is 4. The number of hydrogen-bond donors (Lipinski definition) is 4.